The van der Waals surface area contributed by atoms with Crippen molar-refractivity contribution in [1.29, 1.82) is 0 Å². The van der Waals surface area contributed by atoms with E-state index in [4.69, 9.17) is 19.9 Å². The third kappa shape index (κ3) is 4.32. The van der Waals surface area contributed by atoms with E-state index in [1.165, 1.54) is 12.1 Å². The van der Waals surface area contributed by atoms with Crippen LogP contribution in [0.1, 0.15) is 23.6 Å². The number of ether oxygens (including phenoxy) is 3. The van der Waals surface area contributed by atoms with E-state index in [0.29, 0.717) is 35.8 Å². The summed E-state index contributed by atoms with van der Waals surface area (Å²) in [4.78, 5) is 0. The Labute approximate surface area is 146 Å². The van der Waals surface area contributed by atoms with Crippen LogP contribution in [0.3, 0.4) is 0 Å². The predicted octanol–water partition coefficient (Wildman–Crippen LogP) is 4.19. The van der Waals surface area contributed by atoms with Crippen LogP contribution in [-0.4, -0.2) is 21.3 Å². The molecule has 0 heterocycles. The Morgan fingerprint density at radius 3 is 1.96 bits per heavy atom. The van der Waals surface area contributed by atoms with Crippen molar-refractivity contribution in [2.24, 2.45) is 0 Å². The molecule has 2 aromatic rings. The molecule has 0 aromatic heterocycles. The van der Waals surface area contributed by atoms with E-state index >= 15 is 0 Å². The summed E-state index contributed by atoms with van der Waals surface area (Å²) in [5.41, 5.74) is 8.01. The molecule has 0 aliphatic carbocycles. The number of nitrogen functional groups attached to an aromatic ring is 1. The van der Waals surface area contributed by atoms with E-state index in [9.17, 15) is 8.78 Å². The lowest BCUT2D eigenvalue weighted by Gasteiger charge is -2.15. The summed E-state index contributed by atoms with van der Waals surface area (Å²) >= 11 is 0. The van der Waals surface area contributed by atoms with Crippen molar-refractivity contribution in [3.63, 3.8) is 0 Å². The number of halogens is 2. The molecule has 4 nitrogen and oxygen atoms in total. The molecular formula is C19H23F2NO3. The molecule has 0 bridgehead atoms. The molecular weight excluding hydrogens is 328 g/mol. The first kappa shape index (κ1) is 18.8. The van der Waals surface area contributed by atoms with Crippen molar-refractivity contribution in [1.82, 2.24) is 0 Å². The lowest BCUT2D eigenvalue weighted by molar-refractivity contribution is 0.0175. The van der Waals surface area contributed by atoms with E-state index in [1.54, 1.807) is 27.4 Å². The largest absolute Gasteiger partial charge is 0.493 e. The van der Waals surface area contributed by atoms with Gasteiger partial charge in [-0.2, -0.15) is 0 Å². The first-order valence-electron chi connectivity index (χ1n) is 7.85. The van der Waals surface area contributed by atoms with Crippen LogP contribution in [0.4, 0.5) is 14.5 Å². The molecule has 136 valence electrons. The minimum absolute atomic E-state index is 0.0819. The van der Waals surface area contributed by atoms with Crippen LogP contribution >= 0.6 is 0 Å². The number of nitrogens with two attached hydrogens (primary N) is 1. The molecule has 2 aromatic carbocycles. The van der Waals surface area contributed by atoms with Crippen molar-refractivity contribution in [2.75, 3.05) is 27.1 Å². The fourth-order valence-electron chi connectivity index (χ4n) is 2.65. The molecule has 0 radical (unpaired) electrons. The van der Waals surface area contributed by atoms with Crippen LogP contribution in [-0.2, 0) is 18.8 Å². The van der Waals surface area contributed by atoms with Crippen molar-refractivity contribution < 1.29 is 23.0 Å². The molecule has 0 unspecified atom stereocenters. The predicted molar refractivity (Wildman–Crippen MR) is 93.9 cm³/mol. The van der Waals surface area contributed by atoms with Crippen LogP contribution < -0.4 is 19.9 Å². The molecule has 0 saturated heterocycles. The first-order valence-corrected chi connectivity index (χ1v) is 7.85. The Bertz CT molecular complexity index is 717. The van der Waals surface area contributed by atoms with Crippen LogP contribution in [0.5, 0.6) is 17.2 Å². The molecule has 25 heavy (non-hydrogen) atoms. The normalized spacial score (nSPS) is 11.3. The highest BCUT2D eigenvalue weighted by Crippen LogP contribution is 2.38. The second kappa shape index (κ2) is 7.59. The van der Waals surface area contributed by atoms with E-state index in [0.717, 1.165) is 18.1 Å². The molecule has 0 spiro atoms. The first-order chi connectivity index (χ1) is 11.8. The van der Waals surface area contributed by atoms with Gasteiger partial charge in [-0.1, -0.05) is 12.1 Å². The van der Waals surface area contributed by atoms with Gasteiger partial charge in [-0.15, -0.1) is 0 Å². The number of anilines is 1. The summed E-state index contributed by atoms with van der Waals surface area (Å²) in [7, 11) is 4.66. The standard InChI is InChI=1S/C19H23F2NO3/c1-19(20,21)14-8-7-13(15(22)11-14)6-5-12-9-16(23-2)18(25-4)17(10-12)24-3/h7-11H,5-6,22H2,1-4H3. The molecule has 0 atom stereocenters. The summed E-state index contributed by atoms with van der Waals surface area (Å²) < 4.78 is 42.7. The SMILES string of the molecule is COc1cc(CCc2ccc(C(C)(F)F)cc2N)cc(OC)c1OC. The smallest absolute Gasteiger partial charge is 0.270 e. The zero-order chi connectivity index (χ0) is 18.6. The van der Waals surface area contributed by atoms with E-state index < -0.39 is 5.92 Å². The molecule has 0 fully saturated rings. The fourth-order valence-corrected chi connectivity index (χ4v) is 2.65. The van der Waals surface area contributed by atoms with Crippen molar-refractivity contribution in [3.8, 4) is 17.2 Å². The summed E-state index contributed by atoms with van der Waals surface area (Å²) in [6.07, 6.45) is 1.27. The van der Waals surface area contributed by atoms with Crippen LogP contribution in [0.25, 0.3) is 0 Å². The number of methoxy groups -OCH3 is 3. The minimum atomic E-state index is -2.90. The monoisotopic (exact) mass is 351 g/mol. The van der Waals surface area contributed by atoms with Crippen LogP contribution in [0, 0.1) is 0 Å². The minimum Gasteiger partial charge on any atom is -0.493 e. The van der Waals surface area contributed by atoms with Gasteiger partial charge in [0.05, 0.1) is 21.3 Å². The number of aryl methyl sites for hydroxylation is 2. The molecule has 0 aliphatic rings. The Kier molecular flexibility index (Phi) is 5.72. The van der Waals surface area contributed by atoms with Gasteiger partial charge in [0.15, 0.2) is 11.5 Å². The molecule has 0 aliphatic heterocycles. The zero-order valence-corrected chi connectivity index (χ0v) is 14.9. The second-order valence-corrected chi connectivity index (χ2v) is 5.84. The van der Waals surface area contributed by atoms with Gasteiger partial charge in [0.2, 0.25) is 5.75 Å². The highest BCUT2D eigenvalue weighted by atomic mass is 19.3. The van der Waals surface area contributed by atoms with Crippen LogP contribution in [0.15, 0.2) is 30.3 Å². The number of rotatable bonds is 7. The van der Waals surface area contributed by atoms with Crippen molar-refractivity contribution in [3.05, 3.63) is 47.0 Å². The summed E-state index contributed by atoms with van der Waals surface area (Å²) in [5.74, 6) is -1.22. The number of alkyl halides is 2. The van der Waals surface area contributed by atoms with Crippen molar-refractivity contribution in [2.45, 2.75) is 25.7 Å². The maximum atomic E-state index is 13.4. The van der Waals surface area contributed by atoms with E-state index in [2.05, 4.69) is 0 Å². The van der Waals surface area contributed by atoms with Gasteiger partial charge < -0.3 is 19.9 Å². The topological polar surface area (TPSA) is 53.7 Å². The number of benzene rings is 2. The van der Waals surface area contributed by atoms with Gasteiger partial charge in [0.25, 0.3) is 5.92 Å². The molecule has 6 heteroatoms. The third-order valence-electron chi connectivity index (χ3n) is 4.06. The van der Waals surface area contributed by atoms with E-state index in [-0.39, 0.29) is 5.56 Å². The van der Waals surface area contributed by atoms with E-state index in [1.807, 2.05) is 12.1 Å². The lowest BCUT2D eigenvalue weighted by Crippen LogP contribution is -2.08. The third-order valence-corrected chi connectivity index (χ3v) is 4.06. The summed E-state index contributed by atoms with van der Waals surface area (Å²) in [5, 5.41) is 0. The Hall–Kier alpha value is -2.50. The number of hydrogen-bond acceptors (Lipinski definition) is 4. The van der Waals surface area contributed by atoms with Crippen molar-refractivity contribution >= 4 is 5.69 Å². The Balaban J connectivity index is 2.21. The van der Waals surface area contributed by atoms with Gasteiger partial charge in [0.1, 0.15) is 0 Å². The van der Waals surface area contributed by atoms with Gasteiger partial charge >= 0.3 is 0 Å². The second-order valence-electron chi connectivity index (χ2n) is 5.84. The summed E-state index contributed by atoms with van der Waals surface area (Å²) in [6, 6.07) is 8.14. The fraction of sp³-hybridized carbons (Fsp3) is 0.368. The quantitative estimate of drug-likeness (QED) is 0.760. The molecule has 2 N–H and O–H groups in total. The van der Waals surface area contributed by atoms with Gasteiger partial charge in [-0.05, 0) is 42.2 Å². The molecule has 0 amide bonds. The molecule has 0 saturated carbocycles. The highest BCUT2D eigenvalue weighted by molar-refractivity contribution is 5.54. The zero-order valence-electron chi connectivity index (χ0n) is 14.9. The van der Waals surface area contributed by atoms with Crippen LogP contribution in [0.2, 0.25) is 0 Å². The summed E-state index contributed by atoms with van der Waals surface area (Å²) in [6.45, 7) is 0.858. The number of hydrogen-bond donors (Lipinski definition) is 1. The average molecular weight is 351 g/mol. The molecule has 2 rings (SSSR count). The van der Waals surface area contributed by atoms with Gasteiger partial charge in [-0.3, -0.25) is 0 Å². The van der Waals surface area contributed by atoms with Gasteiger partial charge in [0, 0.05) is 18.2 Å². The average Bonchev–Trinajstić information content (AvgIpc) is 2.58. The maximum absolute atomic E-state index is 13.4. The maximum Gasteiger partial charge on any atom is 0.270 e. The Morgan fingerprint density at radius 1 is 0.920 bits per heavy atom. The highest BCUT2D eigenvalue weighted by Gasteiger charge is 2.24. The lowest BCUT2D eigenvalue weighted by atomic mass is 9.99. The van der Waals surface area contributed by atoms with Gasteiger partial charge in [-0.25, -0.2) is 8.78 Å². The Morgan fingerprint density at radius 2 is 1.52 bits per heavy atom.